The Labute approximate surface area is 172 Å². The van der Waals surface area contributed by atoms with Crippen molar-refractivity contribution in [2.24, 2.45) is 0 Å². The molecule has 30 heavy (non-hydrogen) atoms. The largest absolute Gasteiger partial charge is 0.472 e. The molecule has 0 saturated carbocycles. The molecule has 4 aromatic rings. The standard InChI is InChI=1S/C24H20F2N2O2/c1-3-17-13-18(24(27-15(17)2)29-14-16-7-5-4-6-8-16)9-12-21-28-22-19(25)10-11-20(26)23(22)30-21/h4-13H,3,14H2,1-2H3/b12-9+. The van der Waals surface area contributed by atoms with Gasteiger partial charge in [-0.25, -0.2) is 18.7 Å². The Balaban J connectivity index is 1.66. The summed E-state index contributed by atoms with van der Waals surface area (Å²) in [6.45, 7) is 4.36. The average molecular weight is 406 g/mol. The third-order valence-electron chi connectivity index (χ3n) is 4.78. The second-order valence-electron chi connectivity index (χ2n) is 6.85. The van der Waals surface area contributed by atoms with Crippen molar-refractivity contribution in [1.82, 2.24) is 9.97 Å². The van der Waals surface area contributed by atoms with Crippen LogP contribution in [0.15, 0.2) is 52.9 Å². The monoisotopic (exact) mass is 406 g/mol. The molecule has 0 spiro atoms. The van der Waals surface area contributed by atoms with Crippen molar-refractivity contribution in [2.75, 3.05) is 0 Å². The second kappa shape index (κ2) is 8.45. The number of pyridine rings is 1. The summed E-state index contributed by atoms with van der Waals surface area (Å²) in [7, 11) is 0. The van der Waals surface area contributed by atoms with Gasteiger partial charge in [0.15, 0.2) is 17.2 Å². The number of rotatable bonds is 6. The lowest BCUT2D eigenvalue weighted by Crippen LogP contribution is -2.02. The molecule has 0 atom stereocenters. The van der Waals surface area contributed by atoms with Crippen LogP contribution in [0.5, 0.6) is 5.88 Å². The van der Waals surface area contributed by atoms with Crippen LogP contribution in [0.2, 0.25) is 0 Å². The van der Waals surface area contributed by atoms with E-state index in [-0.39, 0.29) is 17.0 Å². The SMILES string of the molecule is CCc1cc(/C=C/c2nc3c(F)ccc(F)c3o2)c(OCc2ccccc2)nc1C. The predicted molar refractivity (Wildman–Crippen MR) is 112 cm³/mol. The van der Waals surface area contributed by atoms with Gasteiger partial charge in [-0.1, -0.05) is 37.3 Å². The highest BCUT2D eigenvalue weighted by molar-refractivity contribution is 5.77. The van der Waals surface area contributed by atoms with Crippen molar-refractivity contribution in [3.05, 3.63) is 88.4 Å². The number of fused-ring (bicyclic) bond motifs is 1. The van der Waals surface area contributed by atoms with Crippen LogP contribution in [0.3, 0.4) is 0 Å². The molecule has 2 aromatic carbocycles. The minimum absolute atomic E-state index is 0.0987. The minimum atomic E-state index is -0.657. The number of nitrogens with zero attached hydrogens (tertiary/aromatic N) is 2. The van der Waals surface area contributed by atoms with Crippen LogP contribution in [0.4, 0.5) is 8.78 Å². The molecule has 6 heteroatoms. The lowest BCUT2D eigenvalue weighted by atomic mass is 10.1. The Bertz CT molecular complexity index is 1180. The molecule has 0 saturated heterocycles. The maximum atomic E-state index is 13.9. The lowest BCUT2D eigenvalue weighted by molar-refractivity contribution is 0.292. The van der Waals surface area contributed by atoms with Gasteiger partial charge in [-0.15, -0.1) is 0 Å². The average Bonchev–Trinajstić information content (AvgIpc) is 3.20. The number of aryl methyl sites for hydroxylation is 2. The maximum absolute atomic E-state index is 13.9. The summed E-state index contributed by atoms with van der Waals surface area (Å²) in [6.07, 6.45) is 4.10. The van der Waals surface area contributed by atoms with Crippen molar-refractivity contribution in [3.63, 3.8) is 0 Å². The molecule has 4 nitrogen and oxygen atoms in total. The van der Waals surface area contributed by atoms with Crippen molar-refractivity contribution >= 4 is 23.3 Å². The van der Waals surface area contributed by atoms with Gasteiger partial charge >= 0.3 is 0 Å². The van der Waals surface area contributed by atoms with Crippen molar-refractivity contribution in [2.45, 2.75) is 26.9 Å². The molecular formula is C24H20F2N2O2. The quantitative estimate of drug-likeness (QED) is 0.387. The number of oxazole rings is 1. The summed E-state index contributed by atoms with van der Waals surface area (Å²) in [5.74, 6) is -0.720. The first-order valence-electron chi connectivity index (χ1n) is 9.65. The van der Waals surface area contributed by atoms with Gasteiger partial charge in [-0.05, 0) is 48.7 Å². The highest BCUT2D eigenvalue weighted by Crippen LogP contribution is 2.26. The third kappa shape index (κ3) is 4.08. The zero-order valence-electron chi connectivity index (χ0n) is 16.7. The first-order valence-corrected chi connectivity index (χ1v) is 9.65. The van der Waals surface area contributed by atoms with Gasteiger partial charge in [0, 0.05) is 17.3 Å². The highest BCUT2D eigenvalue weighted by atomic mass is 19.1. The fourth-order valence-corrected chi connectivity index (χ4v) is 3.16. The van der Waals surface area contributed by atoms with E-state index in [1.54, 1.807) is 12.2 Å². The summed E-state index contributed by atoms with van der Waals surface area (Å²) >= 11 is 0. The van der Waals surface area contributed by atoms with Crippen LogP contribution in [0.1, 0.15) is 35.2 Å². The fourth-order valence-electron chi connectivity index (χ4n) is 3.16. The van der Waals surface area contributed by atoms with Crippen molar-refractivity contribution < 1.29 is 17.9 Å². The molecule has 2 aromatic heterocycles. The van der Waals surface area contributed by atoms with Gasteiger partial charge in [0.05, 0.1) is 0 Å². The van der Waals surface area contributed by atoms with E-state index in [1.807, 2.05) is 50.2 Å². The summed E-state index contributed by atoms with van der Waals surface area (Å²) < 4.78 is 39.1. The summed E-state index contributed by atoms with van der Waals surface area (Å²) in [5, 5.41) is 0. The van der Waals surface area contributed by atoms with Crippen LogP contribution < -0.4 is 4.74 Å². The van der Waals surface area contributed by atoms with Crippen molar-refractivity contribution in [1.29, 1.82) is 0 Å². The van der Waals surface area contributed by atoms with E-state index in [0.29, 0.717) is 12.5 Å². The van der Waals surface area contributed by atoms with E-state index in [0.717, 1.165) is 40.9 Å². The van der Waals surface area contributed by atoms with E-state index in [1.165, 1.54) is 0 Å². The number of ether oxygens (including phenoxy) is 1. The number of hydrogen-bond donors (Lipinski definition) is 0. The number of hydrogen-bond acceptors (Lipinski definition) is 4. The molecule has 0 aliphatic heterocycles. The summed E-state index contributed by atoms with van der Waals surface area (Å²) in [4.78, 5) is 8.64. The Kier molecular flexibility index (Phi) is 5.57. The Hall–Kier alpha value is -3.54. The molecule has 4 rings (SSSR count). The van der Waals surface area contributed by atoms with E-state index in [4.69, 9.17) is 9.15 Å². The van der Waals surface area contributed by atoms with Crippen molar-refractivity contribution in [3.8, 4) is 5.88 Å². The first kappa shape index (κ1) is 19.8. The number of halogens is 2. The summed E-state index contributed by atoms with van der Waals surface area (Å²) in [5.41, 5.74) is 3.39. The molecule has 0 aliphatic carbocycles. The second-order valence-corrected chi connectivity index (χ2v) is 6.85. The smallest absolute Gasteiger partial charge is 0.221 e. The first-order chi connectivity index (χ1) is 14.5. The van der Waals surface area contributed by atoms with Gasteiger partial charge in [-0.3, -0.25) is 0 Å². The van der Waals surface area contributed by atoms with Gasteiger partial charge < -0.3 is 9.15 Å². The molecule has 2 heterocycles. The van der Waals surface area contributed by atoms with Gasteiger partial charge in [0.2, 0.25) is 11.8 Å². The van der Waals surface area contributed by atoms with Crippen LogP contribution in [-0.4, -0.2) is 9.97 Å². The molecule has 0 amide bonds. The van der Waals surface area contributed by atoms with Crippen LogP contribution in [0, 0.1) is 18.6 Å². The van der Waals surface area contributed by atoms with Gasteiger partial charge in [-0.2, -0.15) is 0 Å². The minimum Gasteiger partial charge on any atom is -0.472 e. The molecule has 0 N–H and O–H groups in total. The summed E-state index contributed by atoms with van der Waals surface area (Å²) in [6, 6.07) is 13.8. The molecule has 0 bridgehead atoms. The van der Waals surface area contributed by atoms with E-state index >= 15 is 0 Å². The van der Waals surface area contributed by atoms with Crippen LogP contribution in [0.25, 0.3) is 23.3 Å². The molecule has 0 unspecified atom stereocenters. The maximum Gasteiger partial charge on any atom is 0.221 e. The number of benzene rings is 2. The molecular weight excluding hydrogens is 386 g/mol. The zero-order chi connectivity index (χ0) is 21.1. The topological polar surface area (TPSA) is 48.2 Å². The van der Waals surface area contributed by atoms with Gasteiger partial charge in [0.1, 0.15) is 12.1 Å². The lowest BCUT2D eigenvalue weighted by Gasteiger charge is -2.12. The van der Waals surface area contributed by atoms with Crippen LogP contribution >= 0.6 is 0 Å². The third-order valence-corrected chi connectivity index (χ3v) is 4.78. The predicted octanol–water partition coefficient (Wildman–Crippen LogP) is 6.12. The zero-order valence-corrected chi connectivity index (χ0v) is 16.7. The molecule has 152 valence electrons. The van der Waals surface area contributed by atoms with Gasteiger partial charge in [0.25, 0.3) is 0 Å². The van der Waals surface area contributed by atoms with E-state index in [9.17, 15) is 8.78 Å². The Morgan fingerprint density at radius 1 is 1.00 bits per heavy atom. The van der Waals surface area contributed by atoms with E-state index in [2.05, 4.69) is 9.97 Å². The molecule has 0 fully saturated rings. The normalized spacial score (nSPS) is 11.5. The number of aromatic nitrogens is 2. The molecule has 0 radical (unpaired) electrons. The Morgan fingerprint density at radius 3 is 2.50 bits per heavy atom. The van der Waals surface area contributed by atoms with Crippen LogP contribution in [-0.2, 0) is 13.0 Å². The Morgan fingerprint density at radius 2 is 1.77 bits per heavy atom. The fraction of sp³-hybridized carbons (Fsp3) is 0.167. The highest BCUT2D eigenvalue weighted by Gasteiger charge is 2.14. The molecule has 0 aliphatic rings. The van der Waals surface area contributed by atoms with E-state index < -0.39 is 11.6 Å².